The molecule has 1 fully saturated rings. The molecular weight excluding hydrogens is 390 g/mol. The van der Waals surface area contributed by atoms with Gasteiger partial charge in [0, 0.05) is 32.1 Å². The largest absolute Gasteiger partial charge is 0.491 e. The number of benzene rings is 1. The molecule has 2 aromatic rings. The summed E-state index contributed by atoms with van der Waals surface area (Å²) in [5.74, 6) is 2.68. The van der Waals surface area contributed by atoms with Gasteiger partial charge in [-0.2, -0.15) is 0 Å². The number of likely N-dealkylation sites (tertiary alicyclic amines) is 1. The van der Waals surface area contributed by atoms with E-state index in [4.69, 9.17) is 14.7 Å². The van der Waals surface area contributed by atoms with Crippen LogP contribution in [0.3, 0.4) is 0 Å². The number of aryl methyl sites for hydroxylation is 1. The van der Waals surface area contributed by atoms with E-state index < -0.39 is 0 Å². The predicted molar refractivity (Wildman–Crippen MR) is 121 cm³/mol. The van der Waals surface area contributed by atoms with Crippen molar-refractivity contribution >= 4 is 11.7 Å². The summed E-state index contributed by atoms with van der Waals surface area (Å²) in [4.78, 5) is 26.1. The lowest BCUT2D eigenvalue weighted by Crippen LogP contribution is -2.32. The number of hydrogen-bond acceptors (Lipinski definition) is 6. The second-order valence-electron chi connectivity index (χ2n) is 8.69. The minimum atomic E-state index is -0.0261. The number of fused-ring (bicyclic) bond motifs is 1. The van der Waals surface area contributed by atoms with Crippen LogP contribution in [0.4, 0.5) is 5.82 Å². The van der Waals surface area contributed by atoms with Gasteiger partial charge in [0.25, 0.3) is 0 Å². The topological polar surface area (TPSA) is 70.6 Å². The van der Waals surface area contributed by atoms with Crippen LogP contribution in [0.5, 0.6) is 5.75 Å². The van der Waals surface area contributed by atoms with Crippen molar-refractivity contribution in [1.29, 1.82) is 0 Å². The minimum absolute atomic E-state index is 0.0261. The molecule has 3 heterocycles. The number of carbonyl (C=O) groups excluding carboxylic acids is 1. The van der Waals surface area contributed by atoms with E-state index in [1.165, 1.54) is 16.7 Å². The van der Waals surface area contributed by atoms with Crippen molar-refractivity contribution in [3.05, 3.63) is 46.4 Å². The van der Waals surface area contributed by atoms with Crippen LogP contribution >= 0.6 is 0 Å². The molecule has 0 saturated carbocycles. The zero-order valence-corrected chi connectivity index (χ0v) is 19.1. The summed E-state index contributed by atoms with van der Waals surface area (Å²) < 4.78 is 6.01. The number of amides is 1. The first-order chi connectivity index (χ1) is 14.9. The molecule has 7 nitrogen and oxygen atoms in total. The Balaban J connectivity index is 1.51. The minimum Gasteiger partial charge on any atom is -0.491 e. The van der Waals surface area contributed by atoms with Gasteiger partial charge in [-0.15, -0.1) is 0 Å². The van der Waals surface area contributed by atoms with Gasteiger partial charge in [-0.05, 0) is 57.4 Å². The molecule has 1 atom stereocenters. The molecule has 0 radical (unpaired) electrons. The van der Waals surface area contributed by atoms with Crippen molar-refractivity contribution in [2.45, 2.75) is 52.6 Å². The van der Waals surface area contributed by atoms with Crippen LogP contribution in [0.2, 0.25) is 0 Å². The quantitative estimate of drug-likeness (QED) is 0.719. The molecule has 1 N–H and O–H groups in total. The van der Waals surface area contributed by atoms with E-state index in [0.29, 0.717) is 13.2 Å². The molecule has 0 spiro atoms. The Morgan fingerprint density at radius 2 is 2.10 bits per heavy atom. The van der Waals surface area contributed by atoms with Gasteiger partial charge in [0.1, 0.15) is 18.2 Å². The molecule has 1 aromatic carbocycles. The van der Waals surface area contributed by atoms with Crippen LogP contribution in [0.25, 0.3) is 0 Å². The molecule has 1 unspecified atom stereocenters. The van der Waals surface area contributed by atoms with Gasteiger partial charge in [0.05, 0.1) is 18.3 Å². The molecule has 2 aliphatic rings. The second-order valence-corrected chi connectivity index (χ2v) is 8.69. The monoisotopic (exact) mass is 423 g/mol. The van der Waals surface area contributed by atoms with E-state index in [9.17, 15) is 4.79 Å². The van der Waals surface area contributed by atoms with Crippen molar-refractivity contribution in [2.75, 3.05) is 38.6 Å². The molecule has 2 aliphatic heterocycles. The lowest BCUT2D eigenvalue weighted by Gasteiger charge is -2.28. The Kier molecular flexibility index (Phi) is 6.41. The fraction of sp³-hybridized carbons (Fsp3) is 0.542. The molecule has 1 saturated heterocycles. The molecule has 4 rings (SSSR count). The Bertz CT molecular complexity index is 961. The van der Waals surface area contributed by atoms with E-state index >= 15 is 0 Å². The van der Waals surface area contributed by atoms with E-state index in [1.54, 1.807) is 6.92 Å². The van der Waals surface area contributed by atoms with Gasteiger partial charge >= 0.3 is 0 Å². The fourth-order valence-corrected chi connectivity index (χ4v) is 4.50. The van der Waals surface area contributed by atoms with Crippen molar-refractivity contribution in [3.8, 4) is 5.75 Å². The van der Waals surface area contributed by atoms with Crippen LogP contribution < -0.4 is 10.1 Å². The first-order valence-electron chi connectivity index (χ1n) is 11.2. The Hall–Kier alpha value is -2.67. The average molecular weight is 424 g/mol. The van der Waals surface area contributed by atoms with Crippen LogP contribution in [0.1, 0.15) is 54.0 Å². The molecule has 0 bridgehead atoms. The third kappa shape index (κ3) is 4.66. The lowest BCUT2D eigenvalue weighted by molar-refractivity contribution is -0.129. The SMILES string of the molecule is CC(=O)N1CCCC1c1nc2c(c(NCCOc3cccc(C)c3C)n1)CCN(C)C2. The number of carbonyl (C=O) groups is 1. The van der Waals surface area contributed by atoms with Gasteiger partial charge < -0.3 is 19.9 Å². The normalized spacial score (nSPS) is 18.7. The zero-order valence-electron chi connectivity index (χ0n) is 19.1. The Morgan fingerprint density at radius 3 is 2.90 bits per heavy atom. The van der Waals surface area contributed by atoms with Crippen molar-refractivity contribution in [3.63, 3.8) is 0 Å². The van der Waals surface area contributed by atoms with Gasteiger partial charge in [-0.25, -0.2) is 9.97 Å². The smallest absolute Gasteiger partial charge is 0.220 e. The van der Waals surface area contributed by atoms with Crippen molar-refractivity contribution in [1.82, 2.24) is 19.8 Å². The van der Waals surface area contributed by atoms with Gasteiger partial charge in [-0.1, -0.05) is 12.1 Å². The van der Waals surface area contributed by atoms with Crippen LogP contribution in [0, 0.1) is 13.8 Å². The number of nitrogens with zero attached hydrogens (tertiary/aromatic N) is 4. The Morgan fingerprint density at radius 1 is 1.26 bits per heavy atom. The summed E-state index contributed by atoms with van der Waals surface area (Å²) in [5, 5.41) is 3.50. The van der Waals surface area contributed by atoms with Gasteiger partial charge in [0.15, 0.2) is 5.82 Å². The molecular formula is C24H33N5O2. The third-order valence-electron chi connectivity index (χ3n) is 6.44. The fourth-order valence-electron chi connectivity index (χ4n) is 4.50. The second kappa shape index (κ2) is 9.22. The predicted octanol–water partition coefficient (Wildman–Crippen LogP) is 3.26. The van der Waals surface area contributed by atoms with E-state index in [-0.39, 0.29) is 11.9 Å². The lowest BCUT2D eigenvalue weighted by atomic mass is 10.0. The molecule has 1 amide bonds. The van der Waals surface area contributed by atoms with Crippen molar-refractivity contribution in [2.24, 2.45) is 0 Å². The average Bonchev–Trinajstić information content (AvgIpc) is 3.24. The molecule has 7 heteroatoms. The van der Waals surface area contributed by atoms with Crippen molar-refractivity contribution < 1.29 is 9.53 Å². The van der Waals surface area contributed by atoms with Gasteiger partial charge in [0.2, 0.25) is 5.91 Å². The van der Waals surface area contributed by atoms with Gasteiger partial charge in [-0.3, -0.25) is 4.79 Å². The maximum absolute atomic E-state index is 12.1. The standard InChI is InChI=1S/C24H33N5O2/c1-16-7-5-9-22(17(16)2)31-14-11-25-23-19-10-13-28(4)15-20(19)26-24(27-23)21-8-6-12-29(21)18(3)30/h5,7,9,21H,6,8,10-15H2,1-4H3,(H,25,26,27). The first-order valence-corrected chi connectivity index (χ1v) is 11.2. The first kappa shape index (κ1) is 21.6. The molecule has 31 heavy (non-hydrogen) atoms. The number of anilines is 1. The Labute approximate surface area is 184 Å². The van der Waals surface area contributed by atoms with Crippen LogP contribution in [-0.2, 0) is 17.8 Å². The molecule has 0 aliphatic carbocycles. The van der Waals surface area contributed by atoms with Crippen LogP contribution in [0.15, 0.2) is 18.2 Å². The highest BCUT2D eigenvalue weighted by Gasteiger charge is 2.32. The molecule has 1 aromatic heterocycles. The highest BCUT2D eigenvalue weighted by Crippen LogP contribution is 2.33. The number of rotatable bonds is 6. The summed E-state index contributed by atoms with van der Waals surface area (Å²) in [5.41, 5.74) is 4.68. The highest BCUT2D eigenvalue weighted by atomic mass is 16.5. The maximum Gasteiger partial charge on any atom is 0.220 e. The van der Waals surface area contributed by atoms with Crippen LogP contribution in [-0.4, -0.2) is 59.0 Å². The van der Waals surface area contributed by atoms with E-state index in [1.807, 2.05) is 17.0 Å². The summed E-state index contributed by atoms with van der Waals surface area (Å²) in [7, 11) is 2.12. The highest BCUT2D eigenvalue weighted by molar-refractivity contribution is 5.74. The number of ether oxygens (including phenoxy) is 1. The zero-order chi connectivity index (χ0) is 22.0. The molecule has 166 valence electrons. The third-order valence-corrected chi connectivity index (χ3v) is 6.44. The maximum atomic E-state index is 12.1. The van der Waals surface area contributed by atoms with E-state index in [2.05, 4.69) is 37.2 Å². The number of likely N-dealkylation sites (N-methyl/N-ethyl adjacent to an activating group) is 1. The summed E-state index contributed by atoms with van der Waals surface area (Å²) in [6, 6.07) is 6.11. The summed E-state index contributed by atoms with van der Waals surface area (Å²) in [6.45, 7) is 9.62. The number of aromatic nitrogens is 2. The number of nitrogens with one attached hydrogen (secondary N) is 1. The summed E-state index contributed by atoms with van der Waals surface area (Å²) in [6.07, 6.45) is 2.84. The summed E-state index contributed by atoms with van der Waals surface area (Å²) >= 11 is 0. The van der Waals surface area contributed by atoms with E-state index in [0.717, 1.165) is 62.0 Å². The number of hydrogen-bond donors (Lipinski definition) is 1.